The standard InChI is InChI=1S/C16H24O/c1-2-3-4-5-6-10-13-16(17)14-15-11-8-7-9-12-15/h7-9,11-12,14,17H,2-6,10,13H2,1H3. The molecule has 1 rings (SSSR count). The highest BCUT2D eigenvalue weighted by Gasteiger charge is 1.95. The molecule has 1 aromatic rings. The molecule has 1 nitrogen and oxygen atoms in total. The van der Waals surface area contributed by atoms with Crippen LogP contribution in [-0.2, 0) is 0 Å². The lowest BCUT2D eigenvalue weighted by atomic mass is 10.1. The van der Waals surface area contributed by atoms with Crippen LogP contribution >= 0.6 is 0 Å². The van der Waals surface area contributed by atoms with E-state index in [2.05, 4.69) is 6.92 Å². The van der Waals surface area contributed by atoms with E-state index >= 15 is 0 Å². The number of aliphatic hydroxyl groups excluding tert-OH is 1. The van der Waals surface area contributed by atoms with Gasteiger partial charge in [-0.25, -0.2) is 0 Å². The van der Waals surface area contributed by atoms with E-state index in [1.807, 2.05) is 36.4 Å². The third kappa shape index (κ3) is 6.83. The van der Waals surface area contributed by atoms with Crippen molar-refractivity contribution in [2.24, 2.45) is 0 Å². The molecule has 0 bridgehead atoms. The predicted octanol–water partition coefficient (Wildman–Crippen LogP) is 5.34. The van der Waals surface area contributed by atoms with Crippen LogP contribution in [0.5, 0.6) is 0 Å². The van der Waals surface area contributed by atoms with Gasteiger partial charge in [-0.2, -0.15) is 0 Å². The van der Waals surface area contributed by atoms with E-state index in [9.17, 15) is 5.11 Å². The largest absolute Gasteiger partial charge is 0.512 e. The molecule has 0 heterocycles. The minimum atomic E-state index is 0.506. The molecular weight excluding hydrogens is 208 g/mol. The molecule has 1 N–H and O–H groups in total. The van der Waals surface area contributed by atoms with Crippen LogP contribution in [0.2, 0.25) is 0 Å². The Morgan fingerprint density at radius 3 is 2.35 bits per heavy atom. The molecule has 0 unspecified atom stereocenters. The van der Waals surface area contributed by atoms with Gasteiger partial charge in [-0.15, -0.1) is 0 Å². The predicted molar refractivity (Wildman–Crippen MR) is 75.0 cm³/mol. The van der Waals surface area contributed by atoms with Crippen LogP contribution < -0.4 is 0 Å². The quantitative estimate of drug-likeness (QED) is 0.474. The first-order chi connectivity index (χ1) is 8.33. The molecule has 0 radical (unpaired) electrons. The Hall–Kier alpha value is -1.24. The normalized spacial score (nSPS) is 11.7. The molecular formula is C16H24O. The van der Waals surface area contributed by atoms with E-state index in [4.69, 9.17) is 0 Å². The molecule has 0 saturated heterocycles. The number of unbranched alkanes of at least 4 members (excludes halogenated alkanes) is 5. The van der Waals surface area contributed by atoms with Gasteiger partial charge in [0.25, 0.3) is 0 Å². The minimum Gasteiger partial charge on any atom is -0.512 e. The van der Waals surface area contributed by atoms with Crippen molar-refractivity contribution >= 4 is 6.08 Å². The molecule has 0 aliphatic rings. The molecule has 0 fully saturated rings. The van der Waals surface area contributed by atoms with Gasteiger partial charge in [-0.05, 0) is 18.1 Å². The van der Waals surface area contributed by atoms with E-state index in [0.717, 1.165) is 18.4 Å². The third-order valence-corrected chi connectivity index (χ3v) is 2.92. The summed E-state index contributed by atoms with van der Waals surface area (Å²) in [6.07, 6.45) is 10.3. The van der Waals surface area contributed by atoms with Crippen molar-refractivity contribution in [3.8, 4) is 0 Å². The van der Waals surface area contributed by atoms with Gasteiger partial charge in [0.05, 0.1) is 5.76 Å². The van der Waals surface area contributed by atoms with Gasteiger partial charge in [-0.3, -0.25) is 0 Å². The van der Waals surface area contributed by atoms with Crippen molar-refractivity contribution < 1.29 is 5.11 Å². The second-order valence-electron chi connectivity index (χ2n) is 4.56. The van der Waals surface area contributed by atoms with Crippen molar-refractivity contribution in [1.29, 1.82) is 0 Å². The van der Waals surface area contributed by atoms with Crippen molar-refractivity contribution in [2.75, 3.05) is 0 Å². The summed E-state index contributed by atoms with van der Waals surface area (Å²) in [6, 6.07) is 9.99. The van der Waals surface area contributed by atoms with Crippen molar-refractivity contribution in [3.05, 3.63) is 41.7 Å². The minimum absolute atomic E-state index is 0.506. The summed E-state index contributed by atoms with van der Waals surface area (Å²) in [5.74, 6) is 0.506. The van der Waals surface area contributed by atoms with Crippen LogP contribution in [0.3, 0.4) is 0 Å². The van der Waals surface area contributed by atoms with E-state index in [-0.39, 0.29) is 0 Å². The van der Waals surface area contributed by atoms with Crippen LogP contribution in [0.4, 0.5) is 0 Å². The van der Waals surface area contributed by atoms with E-state index in [0.29, 0.717) is 5.76 Å². The zero-order chi connectivity index (χ0) is 12.3. The van der Waals surface area contributed by atoms with Gasteiger partial charge in [0.1, 0.15) is 0 Å². The molecule has 1 heteroatoms. The molecule has 0 aliphatic heterocycles. The van der Waals surface area contributed by atoms with Crippen LogP contribution in [0.25, 0.3) is 6.08 Å². The topological polar surface area (TPSA) is 20.2 Å². The zero-order valence-corrected chi connectivity index (χ0v) is 10.9. The summed E-state index contributed by atoms with van der Waals surface area (Å²) in [5, 5.41) is 9.77. The second kappa shape index (κ2) is 8.86. The summed E-state index contributed by atoms with van der Waals surface area (Å²) in [7, 11) is 0. The van der Waals surface area contributed by atoms with Crippen LogP contribution in [0.1, 0.15) is 57.4 Å². The average Bonchev–Trinajstić information content (AvgIpc) is 2.35. The Morgan fingerprint density at radius 2 is 1.65 bits per heavy atom. The molecule has 0 aromatic heterocycles. The molecule has 0 aliphatic carbocycles. The fourth-order valence-electron chi connectivity index (χ4n) is 1.90. The van der Waals surface area contributed by atoms with Gasteiger partial charge in [0.15, 0.2) is 0 Å². The third-order valence-electron chi connectivity index (χ3n) is 2.92. The van der Waals surface area contributed by atoms with E-state index in [1.54, 1.807) is 0 Å². The van der Waals surface area contributed by atoms with Gasteiger partial charge in [-0.1, -0.05) is 69.4 Å². The molecule has 17 heavy (non-hydrogen) atoms. The van der Waals surface area contributed by atoms with E-state index < -0.39 is 0 Å². The number of benzene rings is 1. The maximum absolute atomic E-state index is 9.77. The highest BCUT2D eigenvalue weighted by Crippen LogP contribution is 2.12. The average molecular weight is 232 g/mol. The van der Waals surface area contributed by atoms with Gasteiger partial charge in [0, 0.05) is 6.42 Å². The summed E-state index contributed by atoms with van der Waals surface area (Å²) in [5.41, 5.74) is 1.08. The molecule has 0 amide bonds. The Balaban J connectivity index is 2.17. The number of aliphatic hydroxyl groups is 1. The number of hydrogen-bond acceptors (Lipinski definition) is 1. The van der Waals surface area contributed by atoms with Gasteiger partial charge in [0.2, 0.25) is 0 Å². The lowest BCUT2D eigenvalue weighted by Crippen LogP contribution is -1.84. The first kappa shape index (κ1) is 13.8. The summed E-state index contributed by atoms with van der Waals surface area (Å²) in [6.45, 7) is 2.23. The molecule has 0 atom stereocenters. The second-order valence-corrected chi connectivity index (χ2v) is 4.56. The number of allylic oxidation sites excluding steroid dienone is 1. The Labute approximate surface area is 105 Å². The molecule has 0 spiro atoms. The molecule has 1 aromatic carbocycles. The highest BCUT2D eigenvalue weighted by molar-refractivity contribution is 5.50. The first-order valence-electron chi connectivity index (χ1n) is 6.77. The Bertz CT molecular complexity index is 314. The zero-order valence-electron chi connectivity index (χ0n) is 10.9. The SMILES string of the molecule is CCCCCCCCC(O)=Cc1ccccc1. The molecule has 0 saturated carbocycles. The van der Waals surface area contributed by atoms with Crippen LogP contribution in [-0.4, -0.2) is 5.11 Å². The van der Waals surface area contributed by atoms with Crippen molar-refractivity contribution in [2.45, 2.75) is 51.9 Å². The maximum atomic E-state index is 9.77. The van der Waals surface area contributed by atoms with E-state index in [1.165, 1.54) is 32.1 Å². The summed E-state index contributed by atoms with van der Waals surface area (Å²) in [4.78, 5) is 0. The fraction of sp³-hybridized carbons (Fsp3) is 0.500. The Kier molecular flexibility index (Phi) is 7.20. The lowest BCUT2D eigenvalue weighted by Gasteiger charge is -2.01. The fourth-order valence-corrected chi connectivity index (χ4v) is 1.90. The monoisotopic (exact) mass is 232 g/mol. The van der Waals surface area contributed by atoms with Crippen molar-refractivity contribution in [1.82, 2.24) is 0 Å². The smallest absolute Gasteiger partial charge is 0.0928 e. The summed E-state index contributed by atoms with van der Waals surface area (Å²) < 4.78 is 0. The van der Waals surface area contributed by atoms with Crippen molar-refractivity contribution in [3.63, 3.8) is 0 Å². The highest BCUT2D eigenvalue weighted by atomic mass is 16.3. The van der Waals surface area contributed by atoms with Gasteiger partial charge >= 0.3 is 0 Å². The van der Waals surface area contributed by atoms with Gasteiger partial charge < -0.3 is 5.11 Å². The summed E-state index contributed by atoms with van der Waals surface area (Å²) >= 11 is 0. The lowest BCUT2D eigenvalue weighted by molar-refractivity contribution is 0.385. The maximum Gasteiger partial charge on any atom is 0.0928 e. The van der Waals surface area contributed by atoms with Crippen LogP contribution in [0.15, 0.2) is 36.1 Å². The number of hydrogen-bond donors (Lipinski definition) is 1. The van der Waals surface area contributed by atoms with Crippen LogP contribution in [0, 0.1) is 0 Å². The first-order valence-corrected chi connectivity index (χ1v) is 6.77. The Morgan fingerprint density at radius 1 is 1.00 bits per heavy atom. The molecule has 94 valence electrons. The number of rotatable bonds is 8.